The fourth-order valence-corrected chi connectivity index (χ4v) is 5.26. The Bertz CT molecular complexity index is 1440. The van der Waals surface area contributed by atoms with Crippen molar-refractivity contribution in [2.24, 2.45) is 0 Å². The number of amides is 2. The van der Waals surface area contributed by atoms with Crippen LogP contribution < -0.4 is 10.2 Å². The molecule has 0 spiro atoms. The molecule has 0 bridgehead atoms. The van der Waals surface area contributed by atoms with Crippen molar-refractivity contribution in [3.63, 3.8) is 0 Å². The summed E-state index contributed by atoms with van der Waals surface area (Å²) in [4.78, 5) is 27.8. The Morgan fingerprint density at radius 1 is 1.03 bits per heavy atom. The summed E-state index contributed by atoms with van der Waals surface area (Å²) in [5.41, 5.74) is -0.158. The van der Waals surface area contributed by atoms with Gasteiger partial charge in [-0.1, -0.05) is 71.4 Å². The first-order valence-electron chi connectivity index (χ1n) is 10.7. The Hall–Kier alpha value is -3.45. The van der Waals surface area contributed by atoms with Crippen molar-refractivity contribution < 1.29 is 22.8 Å². The van der Waals surface area contributed by atoms with Gasteiger partial charge in [0.05, 0.1) is 20.9 Å². The van der Waals surface area contributed by atoms with Gasteiger partial charge in [0.2, 0.25) is 5.91 Å². The van der Waals surface area contributed by atoms with Crippen molar-refractivity contribution in [1.29, 1.82) is 5.26 Å². The minimum atomic E-state index is -4.53. The largest absolute Gasteiger partial charge is 0.416 e. The SMILES string of the molecule is N#CC(C(=O)Nc1ccc(Cl)c(Cl)c1)=C1SC(Cc2cccc(C(F)(F)F)c2)C(=O)N1c1ccccc1. The minimum Gasteiger partial charge on any atom is -0.321 e. The third-order valence-corrected chi connectivity index (χ3v) is 7.37. The number of carbonyl (C=O) groups excluding carboxylic acids is 2. The topological polar surface area (TPSA) is 73.2 Å². The Morgan fingerprint density at radius 3 is 2.41 bits per heavy atom. The molecule has 1 saturated heterocycles. The standard InChI is InChI=1S/C26H16Cl2F3N3O2S/c27-20-10-9-17(13-21(20)28)33-23(35)19(14-32)25-34(18-7-2-1-3-8-18)24(36)22(37-25)12-15-5-4-6-16(11-15)26(29,30)31/h1-11,13,22H,12H2,(H,33,35). The number of para-hydroxylation sites is 1. The molecule has 1 unspecified atom stereocenters. The first-order chi connectivity index (χ1) is 17.6. The van der Waals surface area contributed by atoms with Crippen LogP contribution in [0.2, 0.25) is 10.0 Å². The quantitative estimate of drug-likeness (QED) is 0.267. The maximum atomic E-state index is 13.5. The van der Waals surface area contributed by atoms with Crippen LogP contribution >= 0.6 is 35.0 Å². The van der Waals surface area contributed by atoms with Gasteiger partial charge < -0.3 is 5.32 Å². The van der Waals surface area contributed by atoms with E-state index in [-0.39, 0.29) is 32.8 Å². The molecule has 37 heavy (non-hydrogen) atoms. The fraction of sp³-hybridized carbons (Fsp3) is 0.115. The second kappa shape index (κ2) is 10.9. The number of rotatable bonds is 5. The highest BCUT2D eigenvalue weighted by Crippen LogP contribution is 2.42. The van der Waals surface area contributed by atoms with Crippen molar-refractivity contribution in [1.82, 2.24) is 0 Å². The summed E-state index contributed by atoms with van der Waals surface area (Å²) in [7, 11) is 0. The average molecular weight is 562 g/mol. The molecule has 1 aliphatic heterocycles. The van der Waals surface area contributed by atoms with E-state index in [1.807, 2.05) is 6.07 Å². The molecule has 0 aliphatic carbocycles. The summed E-state index contributed by atoms with van der Waals surface area (Å²) in [6, 6.07) is 19.4. The van der Waals surface area contributed by atoms with Gasteiger partial charge in [-0.2, -0.15) is 18.4 Å². The summed E-state index contributed by atoms with van der Waals surface area (Å²) in [5.74, 6) is -1.24. The lowest BCUT2D eigenvalue weighted by Crippen LogP contribution is -2.30. The third kappa shape index (κ3) is 5.93. The van der Waals surface area contributed by atoms with Gasteiger partial charge >= 0.3 is 6.18 Å². The van der Waals surface area contributed by atoms with Gasteiger partial charge in [0.15, 0.2) is 0 Å². The predicted molar refractivity (Wildman–Crippen MR) is 138 cm³/mol. The van der Waals surface area contributed by atoms with Crippen molar-refractivity contribution >= 4 is 58.2 Å². The number of hydrogen-bond donors (Lipinski definition) is 1. The number of carbonyl (C=O) groups is 2. The number of benzene rings is 3. The first kappa shape index (κ1) is 26.6. The number of nitrogens with zero attached hydrogens (tertiary/aromatic N) is 2. The van der Waals surface area contributed by atoms with Crippen LogP contribution in [-0.2, 0) is 22.2 Å². The summed E-state index contributed by atoms with van der Waals surface area (Å²) < 4.78 is 39.6. The van der Waals surface area contributed by atoms with Gasteiger partial charge in [-0.15, -0.1) is 0 Å². The average Bonchev–Trinajstić information content (AvgIpc) is 3.17. The van der Waals surface area contributed by atoms with Crippen LogP contribution in [0.1, 0.15) is 11.1 Å². The third-order valence-electron chi connectivity index (χ3n) is 5.37. The molecule has 2 amide bonds. The molecule has 0 saturated carbocycles. The van der Waals surface area contributed by atoms with Gasteiger partial charge in [0, 0.05) is 11.4 Å². The van der Waals surface area contributed by atoms with E-state index in [1.54, 1.807) is 30.3 Å². The molecule has 5 nitrogen and oxygen atoms in total. The fourth-order valence-electron chi connectivity index (χ4n) is 3.66. The maximum Gasteiger partial charge on any atom is 0.416 e. The molecule has 1 heterocycles. The molecule has 4 rings (SSSR count). The van der Waals surface area contributed by atoms with Crippen LogP contribution in [0.15, 0.2) is 83.4 Å². The molecule has 0 aromatic heterocycles. The highest BCUT2D eigenvalue weighted by Gasteiger charge is 2.41. The van der Waals surface area contributed by atoms with Crippen molar-refractivity contribution in [2.75, 3.05) is 10.2 Å². The molecule has 1 atom stereocenters. The van der Waals surface area contributed by atoms with E-state index in [2.05, 4.69) is 5.32 Å². The number of hydrogen-bond acceptors (Lipinski definition) is 4. The van der Waals surface area contributed by atoms with E-state index in [4.69, 9.17) is 23.2 Å². The van der Waals surface area contributed by atoms with E-state index in [9.17, 15) is 28.0 Å². The van der Waals surface area contributed by atoms with E-state index in [0.29, 0.717) is 11.3 Å². The van der Waals surface area contributed by atoms with Crippen molar-refractivity contribution in [3.8, 4) is 6.07 Å². The normalized spacial score (nSPS) is 16.9. The second-order valence-corrected chi connectivity index (χ2v) is 9.90. The first-order valence-corrected chi connectivity index (χ1v) is 12.3. The summed E-state index contributed by atoms with van der Waals surface area (Å²) in [6.45, 7) is 0. The molecule has 188 valence electrons. The highest BCUT2D eigenvalue weighted by molar-refractivity contribution is 8.05. The summed E-state index contributed by atoms with van der Waals surface area (Å²) in [6.07, 6.45) is -4.56. The zero-order chi connectivity index (χ0) is 26.7. The Labute approximate surface area is 224 Å². The van der Waals surface area contributed by atoms with Crippen LogP contribution in [-0.4, -0.2) is 17.1 Å². The van der Waals surface area contributed by atoms with Crippen LogP contribution in [0, 0.1) is 11.3 Å². The number of nitrogens with one attached hydrogen (secondary N) is 1. The molecule has 11 heteroatoms. The smallest absolute Gasteiger partial charge is 0.321 e. The van der Waals surface area contributed by atoms with Crippen molar-refractivity contribution in [2.45, 2.75) is 17.8 Å². The van der Waals surface area contributed by atoms with Gasteiger partial charge in [-0.05, 0) is 48.4 Å². The Morgan fingerprint density at radius 2 is 1.76 bits per heavy atom. The zero-order valence-corrected chi connectivity index (χ0v) is 21.1. The lowest BCUT2D eigenvalue weighted by atomic mass is 10.1. The number of thioether (sulfide) groups is 1. The number of halogens is 5. The number of nitriles is 1. The zero-order valence-electron chi connectivity index (χ0n) is 18.7. The van der Waals surface area contributed by atoms with E-state index < -0.39 is 28.8 Å². The lowest BCUT2D eigenvalue weighted by Gasteiger charge is -2.18. The molecule has 1 fully saturated rings. The summed E-state index contributed by atoms with van der Waals surface area (Å²) >= 11 is 12.9. The van der Waals surface area contributed by atoms with E-state index in [0.717, 1.165) is 23.9 Å². The van der Waals surface area contributed by atoms with Gasteiger partial charge in [-0.25, -0.2) is 0 Å². The van der Waals surface area contributed by atoms with Crippen molar-refractivity contribution in [3.05, 3.63) is 105 Å². The van der Waals surface area contributed by atoms with Gasteiger partial charge in [0.25, 0.3) is 5.91 Å². The highest BCUT2D eigenvalue weighted by atomic mass is 35.5. The van der Waals surface area contributed by atoms with Crippen LogP contribution in [0.5, 0.6) is 0 Å². The molecular formula is C26H16Cl2F3N3O2S. The molecule has 1 aliphatic rings. The molecular weight excluding hydrogens is 546 g/mol. The predicted octanol–water partition coefficient (Wildman–Crippen LogP) is 7.08. The van der Waals surface area contributed by atoms with Crippen LogP contribution in [0.4, 0.5) is 24.5 Å². The van der Waals surface area contributed by atoms with Crippen LogP contribution in [0.3, 0.4) is 0 Å². The van der Waals surface area contributed by atoms with E-state index in [1.165, 1.54) is 35.2 Å². The number of anilines is 2. The van der Waals surface area contributed by atoms with E-state index >= 15 is 0 Å². The Balaban J connectivity index is 1.70. The Kier molecular flexibility index (Phi) is 7.83. The van der Waals surface area contributed by atoms with Gasteiger partial charge in [0.1, 0.15) is 16.7 Å². The lowest BCUT2D eigenvalue weighted by molar-refractivity contribution is -0.137. The molecule has 3 aromatic carbocycles. The van der Waals surface area contributed by atoms with Crippen LogP contribution in [0.25, 0.3) is 0 Å². The number of alkyl halides is 3. The monoisotopic (exact) mass is 561 g/mol. The summed E-state index contributed by atoms with van der Waals surface area (Å²) in [5, 5.41) is 12.2. The maximum absolute atomic E-state index is 13.5. The van der Waals surface area contributed by atoms with Gasteiger partial charge in [-0.3, -0.25) is 14.5 Å². The minimum absolute atomic E-state index is 0.0344. The molecule has 0 radical (unpaired) electrons. The molecule has 1 N–H and O–H groups in total. The second-order valence-electron chi connectivity index (χ2n) is 7.89. The molecule has 3 aromatic rings.